The minimum absolute atomic E-state index is 0.120. The van der Waals surface area contributed by atoms with Crippen LogP contribution in [0.1, 0.15) is 29.3 Å². The first-order chi connectivity index (χ1) is 12.5. The molecule has 1 atom stereocenters. The fourth-order valence-electron chi connectivity index (χ4n) is 3.15. The molecule has 0 radical (unpaired) electrons. The van der Waals surface area contributed by atoms with Crippen molar-refractivity contribution < 1.29 is 9.53 Å². The fraction of sp³-hybridized carbons (Fsp3) is 0.312. The molecule has 0 N–H and O–H groups in total. The SMILES string of the molecule is COc1cnc(C(=O)N2CCn3nc4c(Cl)c(Cl)ncc4c3[C@H]2C)nc1. The Hall–Kier alpha value is -2.45. The number of aromatic nitrogens is 5. The minimum atomic E-state index is -0.256. The minimum Gasteiger partial charge on any atom is -0.494 e. The van der Waals surface area contributed by atoms with E-state index < -0.39 is 0 Å². The van der Waals surface area contributed by atoms with Crippen LogP contribution < -0.4 is 4.74 Å². The van der Waals surface area contributed by atoms with Crippen LogP contribution in [0.2, 0.25) is 10.2 Å². The molecule has 0 saturated heterocycles. The lowest BCUT2D eigenvalue weighted by Gasteiger charge is -2.33. The highest BCUT2D eigenvalue weighted by atomic mass is 35.5. The normalized spacial score (nSPS) is 16.6. The van der Waals surface area contributed by atoms with E-state index in [2.05, 4.69) is 20.1 Å². The van der Waals surface area contributed by atoms with Gasteiger partial charge in [-0.25, -0.2) is 15.0 Å². The molecule has 1 aliphatic heterocycles. The Kier molecular flexibility index (Phi) is 4.16. The van der Waals surface area contributed by atoms with Crippen LogP contribution in [-0.4, -0.2) is 49.2 Å². The van der Waals surface area contributed by atoms with Crippen LogP contribution in [0.4, 0.5) is 0 Å². The van der Waals surface area contributed by atoms with E-state index in [9.17, 15) is 4.79 Å². The summed E-state index contributed by atoms with van der Waals surface area (Å²) in [5.41, 5.74) is 1.45. The summed E-state index contributed by atoms with van der Waals surface area (Å²) in [6.45, 7) is 2.94. The van der Waals surface area contributed by atoms with E-state index in [1.807, 2.05) is 11.6 Å². The van der Waals surface area contributed by atoms with Crippen LogP contribution in [0.5, 0.6) is 5.75 Å². The molecule has 0 fully saturated rings. The number of methoxy groups -OCH3 is 1. The maximum absolute atomic E-state index is 12.9. The summed E-state index contributed by atoms with van der Waals surface area (Å²) >= 11 is 12.2. The predicted molar refractivity (Wildman–Crippen MR) is 95.6 cm³/mol. The summed E-state index contributed by atoms with van der Waals surface area (Å²) in [6, 6.07) is -0.244. The van der Waals surface area contributed by atoms with Crippen molar-refractivity contribution in [2.45, 2.75) is 19.5 Å². The zero-order chi connectivity index (χ0) is 18.4. The second-order valence-corrected chi connectivity index (χ2v) is 6.59. The number of nitrogens with zero attached hydrogens (tertiary/aromatic N) is 6. The molecular weight excluding hydrogens is 379 g/mol. The number of hydrogen-bond donors (Lipinski definition) is 0. The maximum Gasteiger partial charge on any atom is 0.292 e. The van der Waals surface area contributed by atoms with Gasteiger partial charge in [0.05, 0.1) is 37.8 Å². The molecule has 4 heterocycles. The Morgan fingerprint density at radius 3 is 2.62 bits per heavy atom. The third kappa shape index (κ3) is 2.57. The molecule has 0 unspecified atom stereocenters. The summed E-state index contributed by atoms with van der Waals surface area (Å²) in [5.74, 6) is 0.359. The van der Waals surface area contributed by atoms with Gasteiger partial charge in [-0.05, 0) is 6.92 Å². The molecule has 1 amide bonds. The van der Waals surface area contributed by atoms with E-state index in [4.69, 9.17) is 27.9 Å². The molecule has 0 aromatic carbocycles. The number of ether oxygens (including phenoxy) is 1. The first-order valence-electron chi connectivity index (χ1n) is 7.88. The molecule has 10 heteroatoms. The van der Waals surface area contributed by atoms with Gasteiger partial charge in [-0.15, -0.1) is 0 Å². The zero-order valence-electron chi connectivity index (χ0n) is 14.0. The van der Waals surface area contributed by atoms with E-state index in [0.29, 0.717) is 29.4 Å². The molecule has 26 heavy (non-hydrogen) atoms. The maximum atomic E-state index is 12.9. The molecule has 8 nitrogen and oxygen atoms in total. The third-order valence-corrected chi connectivity index (χ3v) is 5.20. The predicted octanol–water partition coefficient (Wildman–Crippen LogP) is 2.75. The first kappa shape index (κ1) is 17.0. The number of carbonyl (C=O) groups is 1. The van der Waals surface area contributed by atoms with Crippen molar-refractivity contribution >= 4 is 40.0 Å². The van der Waals surface area contributed by atoms with Crippen molar-refractivity contribution in [3.05, 3.63) is 40.3 Å². The van der Waals surface area contributed by atoms with Crippen LogP contribution in [0.25, 0.3) is 10.9 Å². The zero-order valence-corrected chi connectivity index (χ0v) is 15.5. The first-order valence-corrected chi connectivity index (χ1v) is 8.64. The van der Waals surface area contributed by atoms with Gasteiger partial charge in [0.25, 0.3) is 5.91 Å². The molecule has 0 saturated carbocycles. The van der Waals surface area contributed by atoms with E-state index >= 15 is 0 Å². The molecule has 3 aromatic rings. The molecule has 4 rings (SSSR count). The Bertz CT molecular complexity index is 1000. The van der Waals surface area contributed by atoms with Gasteiger partial charge in [0.1, 0.15) is 15.7 Å². The third-order valence-electron chi connectivity index (χ3n) is 4.46. The van der Waals surface area contributed by atoms with Crippen molar-refractivity contribution in [2.75, 3.05) is 13.7 Å². The summed E-state index contributed by atoms with van der Waals surface area (Å²) in [6.07, 6.45) is 4.58. The molecule has 1 aliphatic rings. The highest BCUT2D eigenvalue weighted by Crippen LogP contribution is 2.36. The van der Waals surface area contributed by atoms with Crippen molar-refractivity contribution in [3.63, 3.8) is 0 Å². The molecule has 0 aliphatic carbocycles. The van der Waals surface area contributed by atoms with Gasteiger partial charge < -0.3 is 9.64 Å². The topological polar surface area (TPSA) is 86.0 Å². The van der Waals surface area contributed by atoms with Gasteiger partial charge in [0.15, 0.2) is 5.75 Å². The molecule has 3 aromatic heterocycles. The van der Waals surface area contributed by atoms with Crippen molar-refractivity contribution in [3.8, 4) is 5.75 Å². The van der Waals surface area contributed by atoms with Crippen LogP contribution in [0, 0.1) is 0 Å². The van der Waals surface area contributed by atoms with E-state index in [-0.39, 0.29) is 22.9 Å². The van der Waals surface area contributed by atoms with Gasteiger partial charge in [0, 0.05) is 18.1 Å². The summed E-state index contributed by atoms with van der Waals surface area (Å²) < 4.78 is 6.87. The number of rotatable bonds is 2. The second kappa shape index (κ2) is 6.37. The molecule has 0 bridgehead atoms. The van der Waals surface area contributed by atoms with Crippen molar-refractivity contribution in [1.82, 2.24) is 29.6 Å². The summed E-state index contributed by atoms with van der Waals surface area (Å²) in [5, 5.41) is 5.83. The highest BCUT2D eigenvalue weighted by molar-refractivity contribution is 6.44. The number of halogens is 2. The standard InChI is InChI=1S/C16H14Cl2N6O2/c1-8-13-10-7-19-14(18)11(17)12(10)22-24(13)4-3-23(8)16(25)15-20-5-9(26-2)6-21-15/h5-8H,3-4H2,1-2H3/t8-/m1/s1. The Morgan fingerprint density at radius 1 is 1.19 bits per heavy atom. The van der Waals surface area contributed by atoms with E-state index in [1.54, 1.807) is 11.1 Å². The van der Waals surface area contributed by atoms with Crippen LogP contribution in [-0.2, 0) is 6.54 Å². The lowest BCUT2D eigenvalue weighted by atomic mass is 10.1. The van der Waals surface area contributed by atoms with Crippen LogP contribution >= 0.6 is 23.2 Å². The second-order valence-electron chi connectivity index (χ2n) is 5.85. The van der Waals surface area contributed by atoms with Gasteiger partial charge in [0.2, 0.25) is 5.82 Å². The van der Waals surface area contributed by atoms with Crippen LogP contribution in [0.3, 0.4) is 0 Å². The fourth-order valence-corrected chi connectivity index (χ4v) is 3.47. The highest BCUT2D eigenvalue weighted by Gasteiger charge is 2.33. The van der Waals surface area contributed by atoms with E-state index in [1.165, 1.54) is 19.5 Å². The number of amides is 1. The van der Waals surface area contributed by atoms with Crippen molar-refractivity contribution in [2.24, 2.45) is 0 Å². The lowest BCUT2D eigenvalue weighted by molar-refractivity contribution is 0.0626. The van der Waals surface area contributed by atoms with Crippen molar-refractivity contribution in [1.29, 1.82) is 0 Å². The average Bonchev–Trinajstić information content (AvgIpc) is 3.05. The van der Waals surface area contributed by atoms with Gasteiger partial charge in [-0.2, -0.15) is 5.10 Å². The number of hydrogen-bond acceptors (Lipinski definition) is 6. The monoisotopic (exact) mass is 392 g/mol. The summed E-state index contributed by atoms with van der Waals surface area (Å²) in [4.78, 5) is 26.9. The lowest BCUT2D eigenvalue weighted by Crippen LogP contribution is -2.41. The van der Waals surface area contributed by atoms with Gasteiger partial charge in [-0.1, -0.05) is 23.2 Å². The molecule has 0 spiro atoms. The Balaban J connectivity index is 1.72. The largest absolute Gasteiger partial charge is 0.494 e. The molecule has 134 valence electrons. The Morgan fingerprint density at radius 2 is 1.92 bits per heavy atom. The van der Waals surface area contributed by atoms with Gasteiger partial charge in [-0.3, -0.25) is 9.48 Å². The number of pyridine rings is 1. The Labute approximate surface area is 158 Å². The number of fused-ring (bicyclic) bond motifs is 3. The average molecular weight is 393 g/mol. The summed E-state index contributed by atoms with van der Waals surface area (Å²) in [7, 11) is 1.52. The van der Waals surface area contributed by atoms with E-state index in [0.717, 1.165) is 11.1 Å². The molecular formula is C16H14Cl2N6O2. The van der Waals surface area contributed by atoms with Crippen LogP contribution in [0.15, 0.2) is 18.6 Å². The van der Waals surface area contributed by atoms with Gasteiger partial charge >= 0.3 is 0 Å². The quantitative estimate of drug-likeness (QED) is 0.623. The smallest absolute Gasteiger partial charge is 0.292 e. The number of carbonyl (C=O) groups excluding carboxylic acids is 1.